The Balaban J connectivity index is 1.91. The summed E-state index contributed by atoms with van der Waals surface area (Å²) in [4.78, 5) is 12.7. The molecule has 0 aliphatic carbocycles. The van der Waals surface area contributed by atoms with Gasteiger partial charge in [-0.05, 0) is 31.9 Å². The molecule has 0 radical (unpaired) electrons. The van der Waals surface area contributed by atoms with Crippen molar-refractivity contribution in [3.05, 3.63) is 36.2 Å². The minimum Gasteiger partial charge on any atom is -0.300 e. The third kappa shape index (κ3) is 3.57. The summed E-state index contributed by atoms with van der Waals surface area (Å²) in [6.45, 7) is 3.47. The number of piperidine rings is 1. The highest BCUT2D eigenvalue weighted by atomic mass is 32.2. The predicted octanol–water partition coefficient (Wildman–Crippen LogP) is 1.72. The number of carbonyl (C=O) groups excluding carboxylic acids is 1. The maximum atomic E-state index is 13.0. The first-order valence-corrected chi connectivity index (χ1v) is 9.76. The van der Waals surface area contributed by atoms with Gasteiger partial charge in [0, 0.05) is 19.6 Å². The van der Waals surface area contributed by atoms with Gasteiger partial charge < -0.3 is 0 Å². The first-order chi connectivity index (χ1) is 12.0. The van der Waals surface area contributed by atoms with Gasteiger partial charge in [0.25, 0.3) is 5.91 Å². The lowest BCUT2D eigenvalue weighted by molar-refractivity contribution is 0.102. The van der Waals surface area contributed by atoms with Gasteiger partial charge in [0.05, 0.1) is 10.5 Å². The van der Waals surface area contributed by atoms with Crippen molar-refractivity contribution in [2.24, 2.45) is 0 Å². The van der Waals surface area contributed by atoms with E-state index < -0.39 is 15.9 Å². The van der Waals surface area contributed by atoms with Gasteiger partial charge in [0.15, 0.2) is 0 Å². The van der Waals surface area contributed by atoms with Crippen LogP contribution in [-0.4, -0.2) is 46.5 Å². The van der Waals surface area contributed by atoms with Crippen LogP contribution in [0.5, 0.6) is 0 Å². The normalized spacial score (nSPS) is 15.9. The Morgan fingerprint density at radius 1 is 1.20 bits per heavy atom. The van der Waals surface area contributed by atoms with E-state index >= 15 is 0 Å². The maximum Gasteiger partial charge on any atom is 0.259 e. The molecule has 0 spiro atoms. The van der Waals surface area contributed by atoms with E-state index in [4.69, 9.17) is 0 Å². The highest BCUT2D eigenvalue weighted by molar-refractivity contribution is 7.89. The standard InChI is InChI=1S/C16H21N5O3S/c1-2-20-12-17-19-16(20)18-15(22)13-8-4-5-9-14(13)25(23,24)21-10-6-3-7-11-21/h4-5,8-9,12H,2-3,6-7,10-11H2,1H3,(H,18,19,22). The fourth-order valence-corrected chi connectivity index (χ4v) is 4.58. The Morgan fingerprint density at radius 3 is 2.64 bits per heavy atom. The van der Waals surface area contributed by atoms with Gasteiger partial charge in [0.2, 0.25) is 16.0 Å². The van der Waals surface area contributed by atoms with Crippen LogP contribution in [0.2, 0.25) is 0 Å². The molecule has 0 saturated carbocycles. The lowest BCUT2D eigenvalue weighted by Crippen LogP contribution is -2.36. The number of rotatable bonds is 5. The summed E-state index contributed by atoms with van der Waals surface area (Å²) < 4.78 is 29.0. The molecule has 2 heterocycles. The molecular formula is C16H21N5O3S. The van der Waals surface area contributed by atoms with E-state index in [1.54, 1.807) is 16.7 Å². The van der Waals surface area contributed by atoms with Gasteiger partial charge in [-0.25, -0.2) is 8.42 Å². The molecule has 0 unspecified atom stereocenters. The van der Waals surface area contributed by atoms with Gasteiger partial charge in [-0.3, -0.25) is 14.7 Å². The topological polar surface area (TPSA) is 97.2 Å². The smallest absolute Gasteiger partial charge is 0.259 e. The molecule has 1 N–H and O–H groups in total. The van der Waals surface area contributed by atoms with Crippen LogP contribution < -0.4 is 5.32 Å². The molecule has 1 fully saturated rings. The molecule has 0 bridgehead atoms. The van der Waals surface area contributed by atoms with Crippen molar-refractivity contribution in [2.45, 2.75) is 37.6 Å². The molecule has 9 heteroatoms. The number of hydrogen-bond donors (Lipinski definition) is 1. The molecule has 1 aliphatic heterocycles. The second-order valence-corrected chi connectivity index (χ2v) is 7.76. The third-order valence-corrected chi connectivity index (χ3v) is 6.20. The Labute approximate surface area is 146 Å². The van der Waals surface area contributed by atoms with Gasteiger partial charge in [-0.1, -0.05) is 18.6 Å². The van der Waals surface area contributed by atoms with Crippen molar-refractivity contribution in [3.63, 3.8) is 0 Å². The van der Waals surface area contributed by atoms with Crippen LogP contribution in [0.15, 0.2) is 35.5 Å². The van der Waals surface area contributed by atoms with E-state index in [-0.39, 0.29) is 16.4 Å². The average molecular weight is 363 g/mol. The summed E-state index contributed by atoms with van der Waals surface area (Å²) in [5.41, 5.74) is 0.110. The zero-order valence-electron chi connectivity index (χ0n) is 14.1. The number of aryl methyl sites for hydroxylation is 1. The van der Waals surface area contributed by atoms with Crippen LogP contribution in [0.3, 0.4) is 0 Å². The first kappa shape index (κ1) is 17.6. The molecule has 1 saturated heterocycles. The maximum absolute atomic E-state index is 13.0. The zero-order valence-corrected chi connectivity index (χ0v) is 14.9. The third-order valence-electron chi connectivity index (χ3n) is 4.25. The molecule has 1 amide bonds. The van der Waals surface area contributed by atoms with Gasteiger partial charge >= 0.3 is 0 Å². The molecule has 2 aromatic rings. The van der Waals surface area contributed by atoms with Crippen LogP contribution in [0, 0.1) is 0 Å². The molecule has 1 aromatic carbocycles. The molecule has 8 nitrogen and oxygen atoms in total. The highest BCUT2D eigenvalue weighted by Gasteiger charge is 2.30. The van der Waals surface area contributed by atoms with Crippen LogP contribution >= 0.6 is 0 Å². The van der Waals surface area contributed by atoms with Gasteiger partial charge in [-0.15, -0.1) is 10.2 Å². The average Bonchev–Trinajstić information content (AvgIpc) is 3.09. The quantitative estimate of drug-likeness (QED) is 0.872. The molecule has 1 aliphatic rings. The summed E-state index contributed by atoms with van der Waals surface area (Å²) in [5, 5.41) is 10.3. The van der Waals surface area contributed by atoms with E-state index in [2.05, 4.69) is 15.5 Å². The van der Waals surface area contributed by atoms with Crippen molar-refractivity contribution >= 4 is 21.9 Å². The lowest BCUT2D eigenvalue weighted by Gasteiger charge is -2.26. The van der Waals surface area contributed by atoms with E-state index in [1.807, 2.05) is 6.92 Å². The van der Waals surface area contributed by atoms with Crippen LogP contribution in [0.1, 0.15) is 36.5 Å². The number of aromatic nitrogens is 3. The number of anilines is 1. The van der Waals surface area contributed by atoms with Crippen molar-refractivity contribution in [3.8, 4) is 0 Å². The number of carbonyl (C=O) groups is 1. The monoisotopic (exact) mass is 363 g/mol. The fraction of sp³-hybridized carbons (Fsp3) is 0.438. The number of nitrogens with one attached hydrogen (secondary N) is 1. The van der Waals surface area contributed by atoms with Gasteiger partial charge in [0.1, 0.15) is 6.33 Å². The second-order valence-electron chi connectivity index (χ2n) is 5.86. The van der Waals surface area contributed by atoms with Crippen molar-refractivity contribution < 1.29 is 13.2 Å². The van der Waals surface area contributed by atoms with Crippen molar-refractivity contribution in [1.82, 2.24) is 19.1 Å². The van der Waals surface area contributed by atoms with Crippen molar-refractivity contribution in [1.29, 1.82) is 0 Å². The SMILES string of the molecule is CCn1cnnc1NC(=O)c1ccccc1S(=O)(=O)N1CCCCC1. The van der Waals surface area contributed by atoms with E-state index in [0.717, 1.165) is 19.3 Å². The van der Waals surface area contributed by atoms with E-state index in [0.29, 0.717) is 19.6 Å². The molecule has 0 atom stereocenters. The summed E-state index contributed by atoms with van der Waals surface area (Å²) in [7, 11) is -3.70. The Morgan fingerprint density at radius 2 is 1.92 bits per heavy atom. The minimum absolute atomic E-state index is 0.0250. The summed E-state index contributed by atoms with van der Waals surface area (Å²) in [5.74, 6) is -0.225. The zero-order chi connectivity index (χ0) is 17.9. The largest absolute Gasteiger partial charge is 0.300 e. The summed E-state index contributed by atoms with van der Waals surface area (Å²) in [6.07, 6.45) is 4.22. The number of sulfonamides is 1. The molecule has 1 aromatic heterocycles. The number of benzene rings is 1. The Bertz CT molecular complexity index is 856. The number of nitrogens with zero attached hydrogens (tertiary/aromatic N) is 4. The van der Waals surface area contributed by atoms with Crippen LogP contribution in [-0.2, 0) is 16.6 Å². The van der Waals surface area contributed by atoms with Gasteiger partial charge in [-0.2, -0.15) is 4.31 Å². The summed E-state index contributed by atoms with van der Waals surface area (Å²) >= 11 is 0. The fourth-order valence-electron chi connectivity index (χ4n) is 2.88. The Hall–Kier alpha value is -2.26. The number of amides is 1. The molecular weight excluding hydrogens is 342 g/mol. The molecule has 3 rings (SSSR count). The van der Waals surface area contributed by atoms with E-state index in [1.165, 1.54) is 22.8 Å². The highest BCUT2D eigenvalue weighted by Crippen LogP contribution is 2.24. The number of hydrogen-bond acceptors (Lipinski definition) is 5. The Kier molecular flexibility index (Phi) is 5.14. The predicted molar refractivity (Wildman–Crippen MR) is 92.7 cm³/mol. The van der Waals surface area contributed by atoms with Crippen LogP contribution in [0.25, 0.3) is 0 Å². The molecule has 134 valence electrons. The summed E-state index contributed by atoms with van der Waals surface area (Å²) in [6, 6.07) is 6.26. The lowest BCUT2D eigenvalue weighted by atomic mass is 10.2. The second kappa shape index (κ2) is 7.32. The van der Waals surface area contributed by atoms with Crippen LogP contribution in [0.4, 0.5) is 5.95 Å². The molecule has 25 heavy (non-hydrogen) atoms. The first-order valence-electron chi connectivity index (χ1n) is 8.32. The van der Waals surface area contributed by atoms with Crippen molar-refractivity contribution in [2.75, 3.05) is 18.4 Å². The van der Waals surface area contributed by atoms with E-state index in [9.17, 15) is 13.2 Å². The minimum atomic E-state index is -3.70.